The highest BCUT2D eigenvalue weighted by Gasteiger charge is 2.08. The molecule has 17 heavy (non-hydrogen) atoms. The van der Waals surface area contributed by atoms with Gasteiger partial charge in [-0.3, -0.25) is 0 Å². The van der Waals surface area contributed by atoms with Gasteiger partial charge in [0.25, 0.3) is 0 Å². The second-order valence-electron chi connectivity index (χ2n) is 3.84. The molecule has 0 aliphatic heterocycles. The van der Waals surface area contributed by atoms with E-state index in [0.717, 1.165) is 22.4 Å². The Hall–Kier alpha value is -2.09. The molecule has 1 aromatic heterocycles. The Morgan fingerprint density at radius 2 is 2.12 bits per heavy atom. The zero-order chi connectivity index (χ0) is 12.3. The van der Waals surface area contributed by atoms with Crippen LogP contribution in [0.4, 0.5) is 0 Å². The fourth-order valence-electron chi connectivity index (χ4n) is 1.91. The topological polar surface area (TPSA) is 17.8 Å². The molecule has 0 N–H and O–H groups in total. The van der Waals surface area contributed by atoms with Gasteiger partial charge in [0.1, 0.15) is 5.82 Å². The number of benzene rings is 1. The quantitative estimate of drug-likeness (QED) is 0.726. The van der Waals surface area contributed by atoms with Crippen LogP contribution in [0.15, 0.2) is 55.1 Å². The van der Waals surface area contributed by atoms with Crippen molar-refractivity contribution in [2.75, 3.05) is 0 Å². The molecule has 0 radical (unpaired) electrons. The maximum atomic E-state index is 4.65. The fourth-order valence-corrected chi connectivity index (χ4v) is 1.91. The van der Waals surface area contributed by atoms with E-state index in [-0.39, 0.29) is 0 Å². The minimum Gasteiger partial charge on any atom is -0.327 e. The number of para-hydroxylation sites is 2. The highest BCUT2D eigenvalue weighted by Crippen LogP contribution is 2.21. The monoisotopic (exact) mass is 224 g/mol. The molecule has 0 aliphatic rings. The molecule has 0 aliphatic carbocycles. The predicted octanol–water partition coefficient (Wildman–Crippen LogP) is 3.72. The van der Waals surface area contributed by atoms with Gasteiger partial charge in [-0.25, -0.2) is 4.98 Å². The van der Waals surface area contributed by atoms with Crippen molar-refractivity contribution in [3.8, 4) is 0 Å². The lowest BCUT2D eigenvalue weighted by Gasteiger charge is -2.02. The van der Waals surface area contributed by atoms with Gasteiger partial charge in [-0.15, -0.1) is 0 Å². The number of rotatable bonds is 3. The maximum Gasteiger partial charge on any atom is 0.140 e. The summed E-state index contributed by atoms with van der Waals surface area (Å²) < 4.78 is 2.10. The summed E-state index contributed by atoms with van der Waals surface area (Å²) in [5.41, 5.74) is 3.23. The van der Waals surface area contributed by atoms with Crippen molar-refractivity contribution in [1.82, 2.24) is 9.55 Å². The minimum absolute atomic E-state index is 0.962. The van der Waals surface area contributed by atoms with Gasteiger partial charge in [0, 0.05) is 12.6 Å². The van der Waals surface area contributed by atoms with Crippen LogP contribution in [0.25, 0.3) is 16.6 Å². The zero-order valence-electron chi connectivity index (χ0n) is 10.2. The largest absolute Gasteiger partial charge is 0.327 e. The molecule has 0 spiro atoms. The molecule has 1 heterocycles. The Morgan fingerprint density at radius 1 is 1.35 bits per heavy atom. The number of aryl methyl sites for hydroxylation is 1. The van der Waals surface area contributed by atoms with Crippen molar-refractivity contribution in [3.05, 3.63) is 61.0 Å². The highest BCUT2D eigenvalue weighted by atomic mass is 15.1. The standard InChI is InChI=1S/C15H16N2/c1-4-8-12(9-5-2)15-16-13-10-6-7-11-14(13)17(15)3/h4-11H,1H2,2-3H3. The molecule has 2 aromatic rings. The van der Waals surface area contributed by atoms with E-state index in [4.69, 9.17) is 0 Å². The Balaban J connectivity index is 2.65. The van der Waals surface area contributed by atoms with E-state index in [0.29, 0.717) is 0 Å². The van der Waals surface area contributed by atoms with Crippen LogP contribution in [0.5, 0.6) is 0 Å². The lowest BCUT2D eigenvalue weighted by Crippen LogP contribution is -1.95. The summed E-state index contributed by atoms with van der Waals surface area (Å²) in [6.07, 6.45) is 7.81. The van der Waals surface area contributed by atoms with E-state index in [1.54, 1.807) is 6.08 Å². The molecule has 2 rings (SSSR count). The average Bonchev–Trinajstić information content (AvgIpc) is 2.67. The smallest absolute Gasteiger partial charge is 0.140 e. The van der Waals surface area contributed by atoms with Crippen LogP contribution in [-0.4, -0.2) is 9.55 Å². The fraction of sp³-hybridized carbons (Fsp3) is 0.133. The summed E-state index contributed by atoms with van der Waals surface area (Å²) in [5, 5.41) is 0. The van der Waals surface area contributed by atoms with E-state index in [9.17, 15) is 0 Å². The number of aromatic nitrogens is 2. The molecule has 0 saturated heterocycles. The van der Waals surface area contributed by atoms with Crippen molar-refractivity contribution >= 4 is 16.6 Å². The first-order valence-electron chi connectivity index (χ1n) is 5.65. The molecule has 0 unspecified atom stereocenters. The van der Waals surface area contributed by atoms with Crippen LogP contribution in [0.2, 0.25) is 0 Å². The number of hydrogen-bond acceptors (Lipinski definition) is 1. The Kier molecular flexibility index (Phi) is 3.24. The van der Waals surface area contributed by atoms with Crippen molar-refractivity contribution in [2.24, 2.45) is 7.05 Å². The molecule has 0 fully saturated rings. The SMILES string of the molecule is C=CC=C(C=CC)c1nc2ccccc2n1C. The summed E-state index contributed by atoms with van der Waals surface area (Å²) in [6.45, 7) is 5.74. The summed E-state index contributed by atoms with van der Waals surface area (Å²) in [4.78, 5) is 4.65. The molecule has 2 nitrogen and oxygen atoms in total. The van der Waals surface area contributed by atoms with Gasteiger partial charge in [0.05, 0.1) is 11.0 Å². The molecule has 1 aromatic carbocycles. The lowest BCUT2D eigenvalue weighted by molar-refractivity contribution is 0.924. The minimum atomic E-state index is 0.962. The molecule has 2 heteroatoms. The molecular weight excluding hydrogens is 208 g/mol. The molecule has 0 atom stereocenters. The second kappa shape index (κ2) is 4.83. The first-order valence-corrected chi connectivity index (χ1v) is 5.65. The van der Waals surface area contributed by atoms with E-state index < -0.39 is 0 Å². The van der Waals surface area contributed by atoms with Gasteiger partial charge in [0.15, 0.2) is 0 Å². The van der Waals surface area contributed by atoms with Crippen molar-refractivity contribution in [2.45, 2.75) is 6.92 Å². The van der Waals surface area contributed by atoms with Crippen molar-refractivity contribution < 1.29 is 0 Å². The summed E-state index contributed by atoms with van der Waals surface area (Å²) >= 11 is 0. The highest BCUT2D eigenvalue weighted by molar-refractivity contribution is 5.82. The van der Waals surface area contributed by atoms with Gasteiger partial charge in [-0.1, -0.05) is 43.0 Å². The number of allylic oxidation sites excluding steroid dienone is 5. The summed E-state index contributed by atoms with van der Waals surface area (Å²) in [5.74, 6) is 0.962. The number of fused-ring (bicyclic) bond motifs is 1. The lowest BCUT2D eigenvalue weighted by atomic mass is 10.2. The van der Waals surface area contributed by atoms with Crippen molar-refractivity contribution in [3.63, 3.8) is 0 Å². The number of hydrogen-bond donors (Lipinski definition) is 0. The second-order valence-corrected chi connectivity index (χ2v) is 3.84. The van der Waals surface area contributed by atoms with Crippen LogP contribution < -0.4 is 0 Å². The van der Waals surface area contributed by atoms with Crippen LogP contribution in [0.1, 0.15) is 12.7 Å². The normalized spacial score (nSPS) is 12.5. The predicted molar refractivity (Wildman–Crippen MR) is 73.7 cm³/mol. The first-order chi connectivity index (χ1) is 8.27. The van der Waals surface area contributed by atoms with Gasteiger partial charge >= 0.3 is 0 Å². The first kappa shape index (κ1) is 11.4. The van der Waals surface area contributed by atoms with Crippen molar-refractivity contribution in [1.29, 1.82) is 0 Å². The van der Waals surface area contributed by atoms with Crippen LogP contribution in [0, 0.1) is 0 Å². The number of nitrogens with zero attached hydrogens (tertiary/aromatic N) is 2. The van der Waals surface area contributed by atoms with E-state index >= 15 is 0 Å². The third kappa shape index (κ3) is 2.07. The van der Waals surface area contributed by atoms with Crippen LogP contribution in [0.3, 0.4) is 0 Å². The summed E-state index contributed by atoms with van der Waals surface area (Å²) in [6, 6.07) is 8.14. The van der Waals surface area contributed by atoms with Gasteiger partial charge in [0.2, 0.25) is 0 Å². The third-order valence-electron chi connectivity index (χ3n) is 2.69. The van der Waals surface area contributed by atoms with E-state index in [1.807, 2.05) is 50.4 Å². The Morgan fingerprint density at radius 3 is 2.76 bits per heavy atom. The average molecular weight is 224 g/mol. The molecule has 0 amide bonds. The maximum absolute atomic E-state index is 4.65. The molecular formula is C15H16N2. The van der Waals surface area contributed by atoms with E-state index in [2.05, 4.69) is 22.2 Å². The molecule has 86 valence electrons. The number of imidazole rings is 1. The Labute approximate surface area is 102 Å². The van der Waals surface area contributed by atoms with Gasteiger partial charge in [-0.05, 0) is 19.1 Å². The van der Waals surface area contributed by atoms with E-state index in [1.165, 1.54) is 0 Å². The molecule has 0 bridgehead atoms. The third-order valence-corrected chi connectivity index (χ3v) is 2.69. The van der Waals surface area contributed by atoms with Gasteiger partial charge in [-0.2, -0.15) is 0 Å². The zero-order valence-corrected chi connectivity index (χ0v) is 10.2. The Bertz CT molecular complexity index is 600. The summed E-state index contributed by atoms with van der Waals surface area (Å²) in [7, 11) is 2.03. The molecule has 0 saturated carbocycles. The van der Waals surface area contributed by atoms with Crippen LogP contribution in [-0.2, 0) is 7.05 Å². The van der Waals surface area contributed by atoms with Gasteiger partial charge < -0.3 is 4.57 Å². The van der Waals surface area contributed by atoms with Crippen LogP contribution >= 0.6 is 0 Å².